The van der Waals surface area contributed by atoms with Gasteiger partial charge in [-0.1, -0.05) is 6.07 Å². The minimum Gasteiger partial charge on any atom is -0.333 e. The zero-order valence-corrected chi connectivity index (χ0v) is 17.5. The van der Waals surface area contributed by atoms with E-state index in [9.17, 15) is 9.18 Å². The van der Waals surface area contributed by atoms with Crippen molar-refractivity contribution in [2.24, 2.45) is 5.92 Å². The van der Waals surface area contributed by atoms with Crippen LogP contribution in [0, 0.1) is 11.7 Å². The van der Waals surface area contributed by atoms with Gasteiger partial charge in [0, 0.05) is 59.3 Å². The number of pyridine rings is 1. The van der Waals surface area contributed by atoms with Crippen molar-refractivity contribution in [3.05, 3.63) is 72.6 Å². The van der Waals surface area contributed by atoms with Crippen molar-refractivity contribution in [1.82, 2.24) is 24.6 Å². The van der Waals surface area contributed by atoms with Crippen LogP contribution in [0.2, 0.25) is 0 Å². The van der Waals surface area contributed by atoms with Crippen LogP contribution in [0.15, 0.2) is 61.2 Å². The Labute approximate surface area is 179 Å². The molecule has 1 aliphatic rings. The van der Waals surface area contributed by atoms with Crippen molar-refractivity contribution in [1.29, 1.82) is 0 Å². The van der Waals surface area contributed by atoms with Crippen LogP contribution in [0.4, 0.5) is 4.39 Å². The lowest BCUT2D eigenvalue weighted by Crippen LogP contribution is -2.42. The van der Waals surface area contributed by atoms with Crippen LogP contribution >= 0.6 is 0 Å². The van der Waals surface area contributed by atoms with Gasteiger partial charge in [-0.15, -0.1) is 0 Å². The van der Waals surface area contributed by atoms with E-state index >= 15 is 0 Å². The molecule has 0 bridgehead atoms. The summed E-state index contributed by atoms with van der Waals surface area (Å²) < 4.78 is 15.8. The SMILES string of the molecule is CC1(C)CC(Cn2ccc3cc(-c4cn[nH]c4)cnc32)CN1C(=O)c1cccc(F)c1. The lowest BCUT2D eigenvalue weighted by atomic mass is 9.96. The molecule has 0 spiro atoms. The Morgan fingerprint density at radius 3 is 2.87 bits per heavy atom. The van der Waals surface area contributed by atoms with E-state index in [1.54, 1.807) is 18.3 Å². The maximum absolute atomic E-state index is 13.6. The van der Waals surface area contributed by atoms with Gasteiger partial charge in [-0.25, -0.2) is 9.37 Å². The smallest absolute Gasteiger partial charge is 0.254 e. The summed E-state index contributed by atoms with van der Waals surface area (Å²) in [6.07, 6.45) is 8.43. The molecule has 7 heteroatoms. The van der Waals surface area contributed by atoms with Gasteiger partial charge in [-0.2, -0.15) is 5.10 Å². The van der Waals surface area contributed by atoms with E-state index in [0.717, 1.165) is 35.1 Å². The van der Waals surface area contributed by atoms with Gasteiger partial charge in [0.25, 0.3) is 5.91 Å². The molecule has 0 saturated carbocycles. The average molecular weight is 417 g/mol. The van der Waals surface area contributed by atoms with Gasteiger partial charge in [-0.3, -0.25) is 9.89 Å². The number of H-pyrrole nitrogens is 1. The van der Waals surface area contributed by atoms with Crippen LogP contribution in [0.25, 0.3) is 22.2 Å². The summed E-state index contributed by atoms with van der Waals surface area (Å²) in [4.78, 5) is 19.6. The number of hydrogen-bond donors (Lipinski definition) is 1. The number of benzene rings is 1. The van der Waals surface area contributed by atoms with E-state index in [1.165, 1.54) is 12.1 Å². The van der Waals surface area contributed by atoms with Crippen molar-refractivity contribution in [3.8, 4) is 11.1 Å². The zero-order chi connectivity index (χ0) is 21.6. The molecular formula is C24H24FN5O. The van der Waals surface area contributed by atoms with E-state index < -0.39 is 0 Å². The van der Waals surface area contributed by atoms with Crippen LogP contribution in [0.1, 0.15) is 30.6 Å². The van der Waals surface area contributed by atoms with E-state index in [4.69, 9.17) is 0 Å². The highest BCUT2D eigenvalue weighted by Gasteiger charge is 2.41. The second-order valence-electron chi connectivity index (χ2n) is 8.90. The molecule has 1 aromatic carbocycles. The van der Waals surface area contributed by atoms with Crippen LogP contribution < -0.4 is 0 Å². The largest absolute Gasteiger partial charge is 0.333 e. The number of aromatic amines is 1. The quantitative estimate of drug-likeness (QED) is 0.531. The van der Waals surface area contributed by atoms with Crippen LogP contribution in [-0.4, -0.2) is 42.6 Å². The Balaban J connectivity index is 1.36. The highest BCUT2D eigenvalue weighted by molar-refractivity contribution is 5.95. The molecule has 4 aromatic rings. The van der Waals surface area contributed by atoms with Gasteiger partial charge in [0.15, 0.2) is 0 Å². The normalized spacial score (nSPS) is 18.0. The Morgan fingerprint density at radius 1 is 1.23 bits per heavy atom. The van der Waals surface area contributed by atoms with Gasteiger partial charge in [0.2, 0.25) is 0 Å². The fourth-order valence-electron chi connectivity index (χ4n) is 4.71. The van der Waals surface area contributed by atoms with Crippen molar-refractivity contribution < 1.29 is 9.18 Å². The fraction of sp³-hybridized carbons (Fsp3) is 0.292. The Morgan fingerprint density at radius 2 is 2.10 bits per heavy atom. The van der Waals surface area contributed by atoms with Gasteiger partial charge in [0.1, 0.15) is 11.5 Å². The monoisotopic (exact) mass is 417 g/mol. The predicted octanol–water partition coefficient (Wildman–Crippen LogP) is 4.51. The summed E-state index contributed by atoms with van der Waals surface area (Å²) in [5, 5.41) is 7.91. The molecule has 5 rings (SSSR count). The van der Waals surface area contributed by atoms with E-state index in [1.807, 2.05) is 17.3 Å². The van der Waals surface area contributed by atoms with E-state index in [-0.39, 0.29) is 17.3 Å². The van der Waals surface area contributed by atoms with Crippen LogP contribution in [0.3, 0.4) is 0 Å². The molecular weight excluding hydrogens is 393 g/mol. The standard InChI is InChI=1S/C24H24FN5O/c1-24(2)10-16(15-30(24)23(31)18-4-3-5-21(25)9-18)14-29-7-6-17-8-19(11-26-22(17)29)20-12-27-28-13-20/h3-9,11-13,16H,10,14-15H2,1-2H3,(H,27,28). The molecule has 1 unspecified atom stereocenters. The molecule has 0 radical (unpaired) electrons. The maximum atomic E-state index is 13.6. The van der Waals surface area contributed by atoms with Crippen molar-refractivity contribution in [2.45, 2.75) is 32.4 Å². The molecule has 4 heterocycles. The molecule has 1 N–H and O–H groups in total. The van der Waals surface area contributed by atoms with Crippen molar-refractivity contribution in [2.75, 3.05) is 6.54 Å². The predicted molar refractivity (Wildman–Crippen MR) is 117 cm³/mol. The summed E-state index contributed by atoms with van der Waals surface area (Å²) in [6, 6.07) is 10.1. The van der Waals surface area contributed by atoms with Crippen molar-refractivity contribution in [3.63, 3.8) is 0 Å². The molecule has 31 heavy (non-hydrogen) atoms. The summed E-state index contributed by atoms with van der Waals surface area (Å²) in [5.74, 6) is -0.218. The van der Waals surface area contributed by atoms with Crippen LogP contribution in [0.5, 0.6) is 0 Å². The molecule has 3 aromatic heterocycles. The number of carbonyl (C=O) groups is 1. The molecule has 1 fully saturated rings. The van der Waals surface area contributed by atoms with Gasteiger partial charge in [0.05, 0.1) is 6.20 Å². The zero-order valence-electron chi connectivity index (χ0n) is 17.5. The number of likely N-dealkylation sites (tertiary alicyclic amines) is 1. The molecule has 1 aliphatic heterocycles. The summed E-state index contributed by atoms with van der Waals surface area (Å²) in [7, 11) is 0. The second-order valence-corrected chi connectivity index (χ2v) is 8.90. The number of hydrogen-bond acceptors (Lipinski definition) is 3. The Kier molecular flexibility index (Phi) is 4.61. The highest BCUT2D eigenvalue weighted by atomic mass is 19.1. The topological polar surface area (TPSA) is 66.8 Å². The molecule has 1 atom stereocenters. The average Bonchev–Trinajstić information content (AvgIpc) is 3.47. The number of fused-ring (bicyclic) bond motifs is 1. The summed E-state index contributed by atoms with van der Waals surface area (Å²) in [5.41, 5.74) is 3.06. The van der Waals surface area contributed by atoms with Crippen LogP contribution in [-0.2, 0) is 6.54 Å². The minimum atomic E-state index is -0.390. The number of carbonyl (C=O) groups excluding carboxylic acids is 1. The third kappa shape index (κ3) is 3.60. The third-order valence-corrected chi connectivity index (χ3v) is 6.16. The number of nitrogens with zero attached hydrogens (tertiary/aromatic N) is 4. The van der Waals surface area contributed by atoms with Gasteiger partial charge < -0.3 is 9.47 Å². The first kappa shape index (κ1) is 19.5. The lowest BCUT2D eigenvalue weighted by Gasteiger charge is -2.31. The summed E-state index contributed by atoms with van der Waals surface area (Å²) in [6.45, 7) is 5.56. The first-order valence-corrected chi connectivity index (χ1v) is 10.4. The Hall–Kier alpha value is -3.48. The molecule has 158 valence electrons. The number of aromatic nitrogens is 4. The fourth-order valence-corrected chi connectivity index (χ4v) is 4.71. The minimum absolute atomic E-state index is 0.118. The first-order valence-electron chi connectivity index (χ1n) is 10.4. The van der Waals surface area contributed by atoms with Gasteiger partial charge >= 0.3 is 0 Å². The molecule has 1 saturated heterocycles. The maximum Gasteiger partial charge on any atom is 0.254 e. The first-order chi connectivity index (χ1) is 14.9. The second kappa shape index (κ2) is 7.34. The number of nitrogens with one attached hydrogen (secondary N) is 1. The number of rotatable bonds is 4. The molecule has 6 nitrogen and oxygen atoms in total. The molecule has 0 aliphatic carbocycles. The Bertz CT molecular complexity index is 1240. The highest BCUT2D eigenvalue weighted by Crippen LogP contribution is 2.35. The van der Waals surface area contributed by atoms with Crippen molar-refractivity contribution >= 4 is 16.9 Å². The number of halogens is 1. The van der Waals surface area contributed by atoms with E-state index in [0.29, 0.717) is 18.0 Å². The third-order valence-electron chi connectivity index (χ3n) is 6.16. The molecule has 1 amide bonds. The lowest BCUT2D eigenvalue weighted by molar-refractivity contribution is 0.0649. The number of amides is 1. The van der Waals surface area contributed by atoms with E-state index in [2.05, 4.69) is 51.9 Å². The summed E-state index contributed by atoms with van der Waals surface area (Å²) >= 11 is 0. The van der Waals surface area contributed by atoms with Gasteiger partial charge in [-0.05, 0) is 56.5 Å².